The van der Waals surface area contributed by atoms with Gasteiger partial charge in [-0.1, -0.05) is 0 Å². The third-order valence-electron chi connectivity index (χ3n) is 3.28. The zero-order chi connectivity index (χ0) is 11.8. The van der Waals surface area contributed by atoms with Crippen molar-refractivity contribution in [3.05, 3.63) is 18.0 Å². The van der Waals surface area contributed by atoms with Crippen molar-refractivity contribution in [2.45, 2.75) is 38.8 Å². The maximum atomic E-state index is 10.8. The minimum absolute atomic E-state index is 0.198. The molecule has 1 aliphatic rings. The molecule has 0 aromatic carbocycles. The molecule has 2 heterocycles. The lowest BCUT2D eigenvalue weighted by Crippen LogP contribution is -2.39. The number of carbonyl (C=O) groups excluding carboxylic acids is 1. The molecule has 1 aromatic rings. The predicted octanol–water partition coefficient (Wildman–Crippen LogP) is 1.74. The number of nitrogens with zero attached hydrogens (tertiary/aromatic N) is 3. The van der Waals surface area contributed by atoms with E-state index in [0.29, 0.717) is 11.7 Å². The van der Waals surface area contributed by atoms with Crippen LogP contribution in [0.3, 0.4) is 0 Å². The molecule has 0 N–H and O–H groups in total. The Morgan fingerprint density at radius 3 is 2.81 bits per heavy atom. The summed E-state index contributed by atoms with van der Waals surface area (Å²) in [5.74, 6) is 0. The molecule has 0 bridgehead atoms. The molecule has 0 radical (unpaired) electrons. The Morgan fingerprint density at radius 1 is 1.50 bits per heavy atom. The van der Waals surface area contributed by atoms with Crippen LogP contribution in [0.4, 0.5) is 0 Å². The summed E-state index contributed by atoms with van der Waals surface area (Å²) in [6, 6.07) is 2.11. The molecule has 1 fully saturated rings. The summed E-state index contributed by atoms with van der Waals surface area (Å²) in [6.45, 7) is 8.72. The summed E-state index contributed by atoms with van der Waals surface area (Å²) in [4.78, 5) is 13.3. The van der Waals surface area contributed by atoms with Gasteiger partial charge in [0.05, 0.1) is 6.04 Å². The van der Waals surface area contributed by atoms with Crippen molar-refractivity contribution in [1.82, 2.24) is 14.7 Å². The molecule has 1 atom stereocenters. The van der Waals surface area contributed by atoms with Crippen LogP contribution in [0.25, 0.3) is 0 Å². The summed E-state index contributed by atoms with van der Waals surface area (Å²) in [6.07, 6.45) is 3.65. The highest BCUT2D eigenvalue weighted by Crippen LogP contribution is 2.27. The van der Waals surface area contributed by atoms with E-state index in [1.807, 2.05) is 4.68 Å². The Bertz CT molecular complexity index is 378. The molecule has 0 amide bonds. The standard InChI is InChI=1S/C12H19N3O/c1-12(2,3)14-7-5-10(8-14)15-11(9-16)4-6-13-15/h4,6,9-10H,5,7-8H2,1-3H3. The van der Waals surface area contributed by atoms with Crippen molar-refractivity contribution >= 4 is 6.29 Å². The van der Waals surface area contributed by atoms with E-state index in [-0.39, 0.29) is 5.54 Å². The molecule has 1 saturated heterocycles. The molecule has 1 aliphatic heterocycles. The van der Waals surface area contributed by atoms with Crippen LogP contribution in [-0.2, 0) is 0 Å². The van der Waals surface area contributed by atoms with Crippen molar-refractivity contribution in [3.63, 3.8) is 0 Å². The topological polar surface area (TPSA) is 38.1 Å². The molecule has 0 aliphatic carbocycles. The molecule has 88 valence electrons. The molecule has 1 aromatic heterocycles. The highest BCUT2D eigenvalue weighted by molar-refractivity contribution is 5.71. The second-order valence-corrected chi connectivity index (χ2v) is 5.38. The van der Waals surface area contributed by atoms with Gasteiger partial charge >= 0.3 is 0 Å². The van der Waals surface area contributed by atoms with Gasteiger partial charge in [0, 0.05) is 24.8 Å². The smallest absolute Gasteiger partial charge is 0.168 e. The van der Waals surface area contributed by atoms with Gasteiger partial charge in [0.1, 0.15) is 5.69 Å². The van der Waals surface area contributed by atoms with Crippen molar-refractivity contribution in [2.24, 2.45) is 0 Å². The van der Waals surface area contributed by atoms with Gasteiger partial charge < -0.3 is 0 Å². The van der Waals surface area contributed by atoms with Crippen LogP contribution < -0.4 is 0 Å². The zero-order valence-electron chi connectivity index (χ0n) is 10.2. The number of aldehydes is 1. The van der Waals surface area contributed by atoms with Gasteiger partial charge in [-0.3, -0.25) is 14.4 Å². The summed E-state index contributed by atoms with van der Waals surface area (Å²) in [5.41, 5.74) is 0.879. The van der Waals surface area contributed by atoms with Crippen molar-refractivity contribution < 1.29 is 4.79 Å². The highest BCUT2D eigenvalue weighted by atomic mass is 16.1. The largest absolute Gasteiger partial charge is 0.296 e. The average molecular weight is 221 g/mol. The fraction of sp³-hybridized carbons (Fsp3) is 0.667. The van der Waals surface area contributed by atoms with Crippen molar-refractivity contribution in [1.29, 1.82) is 0 Å². The Morgan fingerprint density at radius 2 is 2.25 bits per heavy atom. The number of rotatable bonds is 2. The third-order valence-corrected chi connectivity index (χ3v) is 3.28. The average Bonchev–Trinajstić information content (AvgIpc) is 2.84. The van der Waals surface area contributed by atoms with Gasteiger partial charge in [-0.05, 0) is 33.3 Å². The Labute approximate surface area is 96.2 Å². The van der Waals surface area contributed by atoms with Crippen LogP contribution >= 0.6 is 0 Å². The molecular weight excluding hydrogens is 202 g/mol. The van der Waals surface area contributed by atoms with Crippen molar-refractivity contribution in [3.8, 4) is 0 Å². The fourth-order valence-corrected chi connectivity index (χ4v) is 2.27. The van der Waals surface area contributed by atoms with Gasteiger partial charge in [-0.2, -0.15) is 5.10 Å². The van der Waals surface area contributed by atoms with Gasteiger partial charge in [-0.15, -0.1) is 0 Å². The number of hydrogen-bond donors (Lipinski definition) is 0. The minimum atomic E-state index is 0.198. The van der Waals surface area contributed by atoms with Crippen LogP contribution in [0.1, 0.15) is 43.7 Å². The van der Waals surface area contributed by atoms with E-state index in [0.717, 1.165) is 25.8 Å². The van der Waals surface area contributed by atoms with E-state index in [1.165, 1.54) is 0 Å². The second kappa shape index (κ2) is 4.01. The van der Waals surface area contributed by atoms with Crippen LogP contribution in [0.15, 0.2) is 12.3 Å². The maximum Gasteiger partial charge on any atom is 0.168 e. The van der Waals surface area contributed by atoms with Crippen LogP contribution in [0.5, 0.6) is 0 Å². The van der Waals surface area contributed by atoms with Crippen LogP contribution in [0, 0.1) is 0 Å². The van der Waals surface area contributed by atoms with E-state index in [4.69, 9.17) is 0 Å². The first-order valence-electron chi connectivity index (χ1n) is 5.76. The van der Waals surface area contributed by atoms with E-state index in [9.17, 15) is 4.79 Å². The first kappa shape index (κ1) is 11.3. The van der Waals surface area contributed by atoms with Gasteiger partial charge in [0.25, 0.3) is 0 Å². The normalized spacial score (nSPS) is 22.6. The van der Waals surface area contributed by atoms with E-state index < -0.39 is 0 Å². The molecule has 1 unspecified atom stereocenters. The monoisotopic (exact) mass is 221 g/mol. The van der Waals surface area contributed by atoms with Gasteiger partial charge in [0.15, 0.2) is 6.29 Å². The third kappa shape index (κ3) is 2.02. The predicted molar refractivity (Wildman–Crippen MR) is 62.6 cm³/mol. The van der Waals surface area contributed by atoms with Crippen LogP contribution in [-0.4, -0.2) is 39.6 Å². The second-order valence-electron chi connectivity index (χ2n) is 5.38. The SMILES string of the molecule is CC(C)(C)N1CCC(n2nccc2C=O)C1. The van der Waals surface area contributed by atoms with Crippen LogP contribution in [0.2, 0.25) is 0 Å². The van der Waals surface area contributed by atoms with Gasteiger partial charge in [-0.25, -0.2) is 0 Å². The quantitative estimate of drug-likeness (QED) is 0.714. The lowest BCUT2D eigenvalue weighted by molar-refractivity contribution is 0.111. The fourth-order valence-electron chi connectivity index (χ4n) is 2.27. The first-order chi connectivity index (χ1) is 7.52. The zero-order valence-corrected chi connectivity index (χ0v) is 10.2. The maximum absolute atomic E-state index is 10.8. The Balaban J connectivity index is 2.12. The summed E-state index contributed by atoms with van der Waals surface area (Å²) in [7, 11) is 0. The van der Waals surface area contributed by atoms with E-state index in [1.54, 1.807) is 12.3 Å². The molecular formula is C12H19N3O. The molecule has 4 heteroatoms. The number of hydrogen-bond acceptors (Lipinski definition) is 3. The number of likely N-dealkylation sites (tertiary alicyclic amines) is 1. The Hall–Kier alpha value is -1.16. The molecule has 0 saturated carbocycles. The lowest BCUT2D eigenvalue weighted by Gasteiger charge is -2.31. The molecule has 16 heavy (non-hydrogen) atoms. The lowest BCUT2D eigenvalue weighted by atomic mass is 10.1. The molecule has 0 spiro atoms. The molecule has 2 rings (SSSR count). The Kier molecular flexibility index (Phi) is 2.84. The van der Waals surface area contributed by atoms with Crippen molar-refractivity contribution in [2.75, 3.05) is 13.1 Å². The summed E-state index contributed by atoms with van der Waals surface area (Å²) in [5, 5.41) is 4.24. The number of carbonyl (C=O) groups is 1. The summed E-state index contributed by atoms with van der Waals surface area (Å²) < 4.78 is 1.86. The highest BCUT2D eigenvalue weighted by Gasteiger charge is 2.31. The van der Waals surface area contributed by atoms with E-state index >= 15 is 0 Å². The first-order valence-corrected chi connectivity index (χ1v) is 5.76. The van der Waals surface area contributed by atoms with E-state index in [2.05, 4.69) is 30.8 Å². The minimum Gasteiger partial charge on any atom is -0.296 e. The number of aromatic nitrogens is 2. The molecule has 4 nitrogen and oxygen atoms in total. The summed E-state index contributed by atoms with van der Waals surface area (Å²) >= 11 is 0. The van der Waals surface area contributed by atoms with Gasteiger partial charge in [0.2, 0.25) is 0 Å².